The van der Waals surface area contributed by atoms with E-state index in [0.29, 0.717) is 16.1 Å². The number of benzene rings is 1. The molecule has 0 aliphatic carbocycles. The molecule has 0 fully saturated rings. The van der Waals surface area contributed by atoms with Crippen molar-refractivity contribution in [3.05, 3.63) is 40.1 Å². The van der Waals surface area contributed by atoms with Crippen LogP contribution in [-0.4, -0.2) is 23.6 Å². The van der Waals surface area contributed by atoms with Crippen molar-refractivity contribution in [3.8, 4) is 11.1 Å². The van der Waals surface area contributed by atoms with Crippen LogP contribution in [0.4, 0.5) is 5.69 Å². The molecule has 0 radical (unpaired) electrons. The van der Waals surface area contributed by atoms with Crippen LogP contribution < -0.4 is 5.32 Å². The van der Waals surface area contributed by atoms with E-state index in [0.717, 1.165) is 16.9 Å². The van der Waals surface area contributed by atoms with E-state index in [9.17, 15) is 14.7 Å². The molecule has 2 N–H and O–H groups in total. The van der Waals surface area contributed by atoms with Gasteiger partial charge in [-0.25, -0.2) is 4.79 Å². The zero-order valence-corrected chi connectivity index (χ0v) is 14.1. The summed E-state index contributed by atoms with van der Waals surface area (Å²) in [4.78, 5) is 24.7. The van der Waals surface area contributed by atoms with Gasteiger partial charge in [-0.3, -0.25) is 4.79 Å². The average Bonchev–Trinajstić information content (AvgIpc) is 2.87. The van der Waals surface area contributed by atoms with Crippen molar-refractivity contribution in [1.82, 2.24) is 0 Å². The number of nitrogens with one attached hydrogen (secondary N) is 1. The molecule has 0 aliphatic heterocycles. The lowest BCUT2D eigenvalue weighted by molar-refractivity contribution is -0.114. The van der Waals surface area contributed by atoms with E-state index in [1.54, 1.807) is 13.8 Å². The molecule has 23 heavy (non-hydrogen) atoms. The Morgan fingerprint density at radius 1 is 1.30 bits per heavy atom. The molecule has 1 heterocycles. The number of amides is 1. The predicted octanol–water partition coefficient (Wildman–Crippen LogP) is 3.60. The number of aliphatic hydroxyl groups is 1. The molecule has 1 atom stereocenters. The summed E-state index contributed by atoms with van der Waals surface area (Å²) < 4.78 is 5.07. The maximum absolute atomic E-state index is 12.2. The summed E-state index contributed by atoms with van der Waals surface area (Å²) >= 11 is 1.14. The van der Waals surface area contributed by atoms with Crippen molar-refractivity contribution in [2.75, 3.05) is 11.9 Å². The fraction of sp³-hybridized carbons (Fsp3) is 0.294. The number of carbonyl (C=O) groups is 2. The zero-order valence-electron chi connectivity index (χ0n) is 13.3. The standard InChI is InChI=1S/C17H19NO4S/c1-4-22-17(21)16-14(18-11(3)20)13(15(23-16)10(2)19)12-8-6-5-7-9-12/h5-10,19H,4H2,1-3H3,(H,18,20). The summed E-state index contributed by atoms with van der Waals surface area (Å²) in [6, 6.07) is 9.34. The van der Waals surface area contributed by atoms with Gasteiger partial charge in [0.25, 0.3) is 0 Å². The van der Waals surface area contributed by atoms with Crippen molar-refractivity contribution >= 4 is 28.9 Å². The van der Waals surface area contributed by atoms with Gasteiger partial charge in [0.2, 0.25) is 5.91 Å². The summed E-state index contributed by atoms with van der Waals surface area (Å²) in [6.45, 7) is 4.96. The van der Waals surface area contributed by atoms with E-state index < -0.39 is 12.1 Å². The van der Waals surface area contributed by atoms with E-state index in [-0.39, 0.29) is 17.4 Å². The third-order valence-corrected chi connectivity index (χ3v) is 4.48. The van der Waals surface area contributed by atoms with Crippen LogP contribution in [0.5, 0.6) is 0 Å². The number of ether oxygens (including phenoxy) is 1. The smallest absolute Gasteiger partial charge is 0.350 e. The number of carbonyl (C=O) groups excluding carboxylic acids is 2. The first kappa shape index (κ1) is 17.2. The van der Waals surface area contributed by atoms with Crippen LogP contribution in [0.25, 0.3) is 11.1 Å². The molecule has 1 unspecified atom stereocenters. The Morgan fingerprint density at radius 3 is 2.48 bits per heavy atom. The lowest BCUT2D eigenvalue weighted by Gasteiger charge is -2.10. The Kier molecular flexibility index (Phi) is 5.52. The number of anilines is 1. The minimum atomic E-state index is -0.772. The van der Waals surface area contributed by atoms with E-state index in [1.807, 2.05) is 30.3 Å². The first-order valence-electron chi connectivity index (χ1n) is 7.30. The van der Waals surface area contributed by atoms with Gasteiger partial charge in [-0.2, -0.15) is 0 Å². The van der Waals surface area contributed by atoms with Gasteiger partial charge in [-0.05, 0) is 19.4 Å². The van der Waals surface area contributed by atoms with Crippen LogP contribution in [0.3, 0.4) is 0 Å². The third kappa shape index (κ3) is 3.78. The summed E-state index contributed by atoms with van der Waals surface area (Å²) in [7, 11) is 0. The maximum atomic E-state index is 12.2. The first-order chi connectivity index (χ1) is 11.0. The van der Waals surface area contributed by atoms with Gasteiger partial charge in [-0.15, -0.1) is 11.3 Å². The molecule has 0 saturated carbocycles. The van der Waals surface area contributed by atoms with Crippen LogP contribution in [0.2, 0.25) is 0 Å². The van der Waals surface area contributed by atoms with Crippen LogP contribution in [-0.2, 0) is 9.53 Å². The number of hydrogen-bond donors (Lipinski definition) is 2. The predicted molar refractivity (Wildman–Crippen MR) is 90.6 cm³/mol. The van der Waals surface area contributed by atoms with Crippen LogP contribution in [0.1, 0.15) is 41.4 Å². The Balaban J connectivity index is 2.70. The Labute approximate surface area is 138 Å². The molecule has 1 amide bonds. The van der Waals surface area contributed by atoms with Gasteiger partial charge in [-0.1, -0.05) is 30.3 Å². The summed E-state index contributed by atoms with van der Waals surface area (Å²) in [6.07, 6.45) is -0.772. The Bertz CT molecular complexity index is 707. The number of hydrogen-bond acceptors (Lipinski definition) is 5. The highest BCUT2D eigenvalue weighted by molar-refractivity contribution is 7.15. The second-order valence-corrected chi connectivity index (χ2v) is 6.04. The monoisotopic (exact) mass is 333 g/mol. The van der Waals surface area contributed by atoms with Crippen LogP contribution >= 0.6 is 11.3 Å². The third-order valence-electron chi connectivity index (χ3n) is 3.14. The molecule has 0 bridgehead atoms. The Hall–Kier alpha value is -2.18. The first-order valence-corrected chi connectivity index (χ1v) is 8.12. The fourth-order valence-electron chi connectivity index (χ4n) is 2.27. The normalized spacial score (nSPS) is 11.8. The summed E-state index contributed by atoms with van der Waals surface area (Å²) in [5.41, 5.74) is 1.87. The lowest BCUT2D eigenvalue weighted by atomic mass is 10.0. The summed E-state index contributed by atoms with van der Waals surface area (Å²) in [5.74, 6) is -0.798. The van der Waals surface area contributed by atoms with Crippen molar-refractivity contribution in [2.45, 2.75) is 26.9 Å². The highest BCUT2D eigenvalue weighted by atomic mass is 32.1. The minimum Gasteiger partial charge on any atom is -0.462 e. The SMILES string of the molecule is CCOC(=O)c1sc(C(C)O)c(-c2ccccc2)c1NC(C)=O. The van der Waals surface area contributed by atoms with E-state index in [1.165, 1.54) is 6.92 Å². The van der Waals surface area contributed by atoms with Gasteiger partial charge in [0.1, 0.15) is 4.88 Å². The second-order valence-electron chi connectivity index (χ2n) is 4.99. The molecule has 5 nitrogen and oxygen atoms in total. The quantitative estimate of drug-likeness (QED) is 0.820. The average molecular weight is 333 g/mol. The molecule has 2 aromatic rings. The molecular formula is C17H19NO4S. The van der Waals surface area contributed by atoms with Gasteiger partial charge in [0.05, 0.1) is 18.4 Å². The number of aliphatic hydroxyl groups excluding tert-OH is 1. The van der Waals surface area contributed by atoms with Gasteiger partial charge in [0, 0.05) is 17.4 Å². The molecule has 0 spiro atoms. The number of esters is 1. The highest BCUT2D eigenvalue weighted by Crippen LogP contribution is 2.44. The topological polar surface area (TPSA) is 75.6 Å². The molecule has 122 valence electrons. The molecule has 0 saturated heterocycles. The number of rotatable bonds is 5. The van der Waals surface area contributed by atoms with E-state index in [4.69, 9.17) is 4.74 Å². The molecule has 6 heteroatoms. The minimum absolute atomic E-state index is 0.237. The van der Waals surface area contributed by atoms with Crippen molar-refractivity contribution in [1.29, 1.82) is 0 Å². The maximum Gasteiger partial charge on any atom is 0.350 e. The van der Waals surface area contributed by atoms with Crippen molar-refractivity contribution in [2.24, 2.45) is 0 Å². The van der Waals surface area contributed by atoms with Gasteiger partial charge >= 0.3 is 5.97 Å². The highest BCUT2D eigenvalue weighted by Gasteiger charge is 2.27. The fourth-order valence-corrected chi connectivity index (χ4v) is 3.38. The molecular weight excluding hydrogens is 314 g/mol. The molecule has 1 aromatic carbocycles. The molecule has 1 aromatic heterocycles. The molecule has 0 aliphatic rings. The Morgan fingerprint density at radius 2 is 1.96 bits per heavy atom. The van der Waals surface area contributed by atoms with Gasteiger partial charge in [0.15, 0.2) is 0 Å². The summed E-state index contributed by atoms with van der Waals surface area (Å²) in [5, 5.41) is 12.8. The van der Waals surface area contributed by atoms with E-state index >= 15 is 0 Å². The van der Waals surface area contributed by atoms with Gasteiger partial charge < -0.3 is 15.2 Å². The van der Waals surface area contributed by atoms with Crippen LogP contribution in [0.15, 0.2) is 30.3 Å². The van der Waals surface area contributed by atoms with E-state index in [2.05, 4.69) is 5.32 Å². The van der Waals surface area contributed by atoms with Crippen molar-refractivity contribution in [3.63, 3.8) is 0 Å². The molecule has 2 rings (SSSR count). The van der Waals surface area contributed by atoms with Crippen LogP contribution in [0, 0.1) is 0 Å². The van der Waals surface area contributed by atoms with Crippen molar-refractivity contribution < 1.29 is 19.4 Å². The largest absolute Gasteiger partial charge is 0.462 e. The lowest BCUT2D eigenvalue weighted by Crippen LogP contribution is -2.11. The number of thiophene rings is 1. The second kappa shape index (κ2) is 7.39. The zero-order chi connectivity index (χ0) is 17.0.